The largest absolute Gasteiger partial charge is 0.394 e. The summed E-state index contributed by atoms with van der Waals surface area (Å²) < 4.78 is 0. The van der Waals surface area contributed by atoms with E-state index in [1.165, 1.54) is 263 Å². The number of aliphatic hydroxyl groups is 2. The van der Waals surface area contributed by atoms with Crippen molar-refractivity contribution in [2.24, 2.45) is 0 Å². The van der Waals surface area contributed by atoms with Crippen molar-refractivity contribution in [2.45, 2.75) is 328 Å². The Labute approximate surface area is 395 Å². The van der Waals surface area contributed by atoms with Crippen LogP contribution in [0.2, 0.25) is 0 Å². The van der Waals surface area contributed by atoms with Gasteiger partial charge in [-0.3, -0.25) is 4.79 Å². The van der Waals surface area contributed by atoms with Gasteiger partial charge in [-0.15, -0.1) is 0 Å². The molecule has 0 rings (SSSR count). The second kappa shape index (κ2) is 54.9. The lowest BCUT2D eigenvalue weighted by Gasteiger charge is -2.20. The molecule has 0 aliphatic rings. The Morgan fingerprint density at radius 2 is 0.651 bits per heavy atom. The number of rotatable bonds is 53. The van der Waals surface area contributed by atoms with E-state index in [4.69, 9.17) is 0 Å². The Hall–Kier alpha value is -1.39. The van der Waals surface area contributed by atoms with Crippen LogP contribution in [0.4, 0.5) is 0 Å². The van der Waals surface area contributed by atoms with Gasteiger partial charge in [0.2, 0.25) is 5.91 Å². The number of nitrogens with one attached hydrogen (secondary N) is 1. The lowest BCUT2D eigenvalue weighted by atomic mass is 10.0. The van der Waals surface area contributed by atoms with Crippen molar-refractivity contribution in [1.29, 1.82) is 0 Å². The molecule has 0 fully saturated rings. The van der Waals surface area contributed by atoms with Gasteiger partial charge in [0.1, 0.15) is 0 Å². The number of amides is 1. The van der Waals surface area contributed by atoms with E-state index in [2.05, 4.69) is 43.5 Å². The maximum atomic E-state index is 12.5. The van der Waals surface area contributed by atoms with E-state index >= 15 is 0 Å². The number of carbonyl (C=O) groups is 1. The summed E-state index contributed by atoms with van der Waals surface area (Å²) >= 11 is 0. The minimum atomic E-state index is -0.839. The average Bonchev–Trinajstić information content (AvgIpc) is 3.29. The first kappa shape index (κ1) is 61.6. The number of unbranched alkanes of at least 4 members (excludes halogenated alkanes) is 42. The van der Waals surface area contributed by atoms with E-state index < -0.39 is 12.1 Å². The van der Waals surface area contributed by atoms with Crippen LogP contribution in [0.25, 0.3) is 0 Å². The summed E-state index contributed by atoms with van der Waals surface area (Å²) in [5, 5.41) is 23.2. The maximum Gasteiger partial charge on any atom is 0.220 e. The summed E-state index contributed by atoms with van der Waals surface area (Å²) in [6.45, 7) is 4.34. The standard InChI is InChI=1S/C59H113NO3/c1-3-5-7-9-11-13-15-17-19-21-23-25-26-27-28-29-30-31-32-33-34-35-37-39-41-43-45-47-49-51-53-55-59(63)60-57(56-61)58(62)54-52-50-48-46-44-42-40-38-36-24-22-20-18-16-14-12-10-8-6-4-2/h23,25,27-28,52,54,57-58,61-62H,3-22,24,26,29-51,53,55-56H2,1-2H3,(H,60,63)/b25-23-,28-27-,54-52+. The molecule has 1 amide bonds. The van der Waals surface area contributed by atoms with Crippen LogP contribution in [-0.2, 0) is 4.79 Å². The zero-order chi connectivity index (χ0) is 45.6. The monoisotopic (exact) mass is 884 g/mol. The smallest absolute Gasteiger partial charge is 0.220 e. The molecule has 2 atom stereocenters. The van der Waals surface area contributed by atoms with Crippen molar-refractivity contribution in [2.75, 3.05) is 6.61 Å². The molecule has 0 heterocycles. The van der Waals surface area contributed by atoms with Gasteiger partial charge in [-0.05, 0) is 51.4 Å². The maximum absolute atomic E-state index is 12.5. The topological polar surface area (TPSA) is 69.6 Å². The second-order valence-corrected chi connectivity index (χ2v) is 19.7. The van der Waals surface area contributed by atoms with Crippen molar-refractivity contribution in [1.82, 2.24) is 5.32 Å². The highest BCUT2D eigenvalue weighted by molar-refractivity contribution is 5.76. The molecule has 0 aliphatic carbocycles. The molecule has 372 valence electrons. The third-order valence-corrected chi connectivity index (χ3v) is 13.4. The van der Waals surface area contributed by atoms with E-state index in [1.807, 2.05) is 6.08 Å². The SMILES string of the molecule is CCCCCCCCCCC/C=C\C/C=C\CCCCCCCCCCCCCCCCCC(=O)NC(CO)C(O)/C=C/CCCCCCCCCCCCCCCCCCCC. The first-order valence-corrected chi connectivity index (χ1v) is 28.7. The van der Waals surface area contributed by atoms with Crippen LogP contribution in [0.3, 0.4) is 0 Å². The number of carbonyl (C=O) groups excluding carboxylic acids is 1. The molecular formula is C59H113NO3. The molecule has 0 spiro atoms. The van der Waals surface area contributed by atoms with Gasteiger partial charge in [0.05, 0.1) is 18.8 Å². The molecule has 4 nitrogen and oxygen atoms in total. The summed E-state index contributed by atoms with van der Waals surface area (Å²) in [7, 11) is 0. The van der Waals surface area contributed by atoms with E-state index in [0.29, 0.717) is 6.42 Å². The van der Waals surface area contributed by atoms with Crippen molar-refractivity contribution in [3.05, 3.63) is 36.5 Å². The van der Waals surface area contributed by atoms with Gasteiger partial charge in [0.25, 0.3) is 0 Å². The molecule has 0 bridgehead atoms. The zero-order valence-corrected chi connectivity index (χ0v) is 42.9. The first-order valence-electron chi connectivity index (χ1n) is 28.7. The molecule has 0 saturated heterocycles. The predicted octanol–water partition coefficient (Wildman–Crippen LogP) is 18.9. The predicted molar refractivity (Wildman–Crippen MR) is 281 cm³/mol. The second-order valence-electron chi connectivity index (χ2n) is 19.7. The molecule has 0 radical (unpaired) electrons. The summed E-state index contributed by atoms with van der Waals surface area (Å²) in [4.78, 5) is 12.5. The average molecular weight is 885 g/mol. The van der Waals surface area contributed by atoms with Crippen LogP contribution in [0.5, 0.6) is 0 Å². The molecule has 0 aliphatic heterocycles. The van der Waals surface area contributed by atoms with E-state index in [-0.39, 0.29) is 12.5 Å². The highest BCUT2D eigenvalue weighted by Crippen LogP contribution is 2.17. The van der Waals surface area contributed by atoms with E-state index in [9.17, 15) is 15.0 Å². The van der Waals surface area contributed by atoms with Gasteiger partial charge in [0.15, 0.2) is 0 Å². The lowest BCUT2D eigenvalue weighted by Crippen LogP contribution is -2.45. The van der Waals surface area contributed by atoms with Crippen LogP contribution in [0, 0.1) is 0 Å². The Morgan fingerprint density at radius 3 is 0.952 bits per heavy atom. The van der Waals surface area contributed by atoms with Gasteiger partial charge in [0, 0.05) is 6.42 Å². The van der Waals surface area contributed by atoms with Crippen LogP contribution in [0.1, 0.15) is 316 Å². The third-order valence-electron chi connectivity index (χ3n) is 13.4. The van der Waals surface area contributed by atoms with Gasteiger partial charge in [-0.25, -0.2) is 0 Å². The van der Waals surface area contributed by atoms with E-state index in [0.717, 1.165) is 32.1 Å². The fourth-order valence-corrected chi connectivity index (χ4v) is 8.98. The molecule has 2 unspecified atom stereocenters. The van der Waals surface area contributed by atoms with Crippen LogP contribution < -0.4 is 5.32 Å². The van der Waals surface area contributed by atoms with Crippen molar-refractivity contribution in [3.8, 4) is 0 Å². The number of allylic oxidation sites excluding steroid dienone is 5. The van der Waals surface area contributed by atoms with Crippen molar-refractivity contribution < 1.29 is 15.0 Å². The summed E-state index contributed by atoms with van der Waals surface area (Å²) in [6.07, 6.45) is 74.5. The Morgan fingerprint density at radius 1 is 0.381 bits per heavy atom. The highest BCUT2D eigenvalue weighted by atomic mass is 16.3. The number of hydrogen-bond donors (Lipinski definition) is 3. The van der Waals surface area contributed by atoms with E-state index in [1.54, 1.807) is 6.08 Å². The van der Waals surface area contributed by atoms with Crippen molar-refractivity contribution >= 4 is 5.91 Å². The van der Waals surface area contributed by atoms with Gasteiger partial charge >= 0.3 is 0 Å². The molecule has 4 heteroatoms. The Bertz CT molecular complexity index is 958. The number of aliphatic hydroxyl groups excluding tert-OH is 2. The van der Waals surface area contributed by atoms with Gasteiger partial charge in [-0.1, -0.05) is 294 Å². The van der Waals surface area contributed by atoms with Crippen LogP contribution in [-0.4, -0.2) is 34.9 Å². The van der Waals surface area contributed by atoms with Crippen LogP contribution >= 0.6 is 0 Å². The Balaban J connectivity index is 3.47. The van der Waals surface area contributed by atoms with Crippen molar-refractivity contribution in [3.63, 3.8) is 0 Å². The normalized spacial score (nSPS) is 13.0. The fraction of sp³-hybridized carbons (Fsp3) is 0.881. The molecule has 0 saturated carbocycles. The fourth-order valence-electron chi connectivity index (χ4n) is 8.98. The molecule has 0 aromatic carbocycles. The summed E-state index contributed by atoms with van der Waals surface area (Å²) in [5.41, 5.74) is 0. The molecule has 0 aromatic heterocycles. The highest BCUT2D eigenvalue weighted by Gasteiger charge is 2.18. The lowest BCUT2D eigenvalue weighted by molar-refractivity contribution is -0.123. The first-order chi connectivity index (χ1) is 31.2. The molecule has 0 aromatic rings. The Kier molecular flexibility index (Phi) is 53.7. The van der Waals surface area contributed by atoms with Gasteiger partial charge < -0.3 is 15.5 Å². The molecule has 3 N–H and O–H groups in total. The third kappa shape index (κ3) is 51.5. The number of hydrogen-bond acceptors (Lipinski definition) is 3. The summed E-state index contributed by atoms with van der Waals surface area (Å²) in [5.74, 6) is -0.0598. The van der Waals surface area contributed by atoms with Crippen LogP contribution in [0.15, 0.2) is 36.5 Å². The minimum absolute atomic E-state index is 0.0598. The summed E-state index contributed by atoms with van der Waals surface area (Å²) in [6, 6.07) is -0.622. The molecule has 63 heavy (non-hydrogen) atoms. The van der Waals surface area contributed by atoms with Gasteiger partial charge in [-0.2, -0.15) is 0 Å². The molecular weight excluding hydrogens is 771 g/mol. The zero-order valence-electron chi connectivity index (χ0n) is 42.9. The minimum Gasteiger partial charge on any atom is -0.394 e. The quantitative estimate of drug-likeness (QED) is 0.0421.